The van der Waals surface area contributed by atoms with Gasteiger partial charge in [-0.1, -0.05) is 26.8 Å². The molecule has 0 saturated carbocycles. The smallest absolute Gasteiger partial charge is 0.256 e. The van der Waals surface area contributed by atoms with Crippen molar-refractivity contribution in [2.75, 3.05) is 13.3 Å². The number of aliphatic imine (C=N–C) groups is 1. The molecule has 0 spiro atoms. The Balaban J connectivity index is 2.35. The van der Waals surface area contributed by atoms with E-state index in [4.69, 9.17) is 14.3 Å². The predicted octanol–water partition coefficient (Wildman–Crippen LogP) is 3.23. The van der Waals surface area contributed by atoms with E-state index >= 15 is 0 Å². The lowest BCUT2D eigenvalue weighted by atomic mass is 9.95. The SMILES string of the molecule is CC(CC1C=CC(C(C)C)=NC1=O)OOC(C)C(C)CO[PH+](C)O. The second kappa shape index (κ2) is 10.4. The third-order valence-corrected chi connectivity index (χ3v) is 4.55. The van der Waals surface area contributed by atoms with E-state index in [1.54, 1.807) is 6.66 Å². The van der Waals surface area contributed by atoms with Gasteiger partial charge in [-0.25, -0.2) is 24.2 Å². The Bertz CT molecular complexity index is 464. The molecular weight excluding hydrogens is 329 g/mol. The second-order valence-electron chi connectivity index (χ2n) is 6.75. The van der Waals surface area contributed by atoms with E-state index in [0.717, 1.165) is 5.71 Å². The first-order valence-corrected chi connectivity index (χ1v) is 10.3. The van der Waals surface area contributed by atoms with Crippen molar-refractivity contribution >= 4 is 20.0 Å². The fraction of sp³-hybridized carbons (Fsp3) is 0.765. The topological polar surface area (TPSA) is 77.4 Å². The number of allylic oxidation sites excluding steroid dienone is 1. The zero-order valence-corrected chi connectivity index (χ0v) is 16.5. The normalized spacial score (nSPS) is 23.1. The van der Waals surface area contributed by atoms with E-state index in [9.17, 15) is 9.69 Å². The van der Waals surface area contributed by atoms with Crippen molar-refractivity contribution in [1.29, 1.82) is 0 Å². The Labute approximate surface area is 146 Å². The molecule has 24 heavy (non-hydrogen) atoms. The molecule has 1 heterocycles. The maximum atomic E-state index is 12.1. The molecule has 1 amide bonds. The summed E-state index contributed by atoms with van der Waals surface area (Å²) in [5.74, 6) is -0.0378. The van der Waals surface area contributed by atoms with Gasteiger partial charge in [-0.2, -0.15) is 0 Å². The van der Waals surface area contributed by atoms with Crippen LogP contribution in [0.4, 0.5) is 0 Å². The second-order valence-corrected chi connectivity index (χ2v) is 8.07. The molecule has 1 N–H and O–H groups in total. The van der Waals surface area contributed by atoms with E-state index < -0.39 is 8.38 Å². The Hall–Kier alpha value is -0.650. The molecule has 0 aliphatic carbocycles. The Kier molecular flexibility index (Phi) is 9.24. The van der Waals surface area contributed by atoms with Gasteiger partial charge >= 0.3 is 0 Å². The summed E-state index contributed by atoms with van der Waals surface area (Å²) in [4.78, 5) is 36.3. The fourth-order valence-corrected chi connectivity index (χ4v) is 2.61. The summed E-state index contributed by atoms with van der Waals surface area (Å²) in [5, 5.41) is 0. The zero-order chi connectivity index (χ0) is 18.3. The van der Waals surface area contributed by atoms with Crippen molar-refractivity contribution < 1.29 is 24.0 Å². The van der Waals surface area contributed by atoms with Crippen molar-refractivity contribution in [3.05, 3.63) is 12.2 Å². The highest BCUT2D eigenvalue weighted by Crippen LogP contribution is 2.27. The first-order valence-electron chi connectivity index (χ1n) is 8.48. The summed E-state index contributed by atoms with van der Waals surface area (Å²) < 4.78 is 5.25. The summed E-state index contributed by atoms with van der Waals surface area (Å²) in [6.45, 7) is 11.9. The average Bonchev–Trinajstić information content (AvgIpc) is 2.51. The van der Waals surface area contributed by atoms with Gasteiger partial charge in [-0.15, -0.1) is 0 Å². The van der Waals surface area contributed by atoms with E-state index in [1.165, 1.54) is 0 Å². The predicted molar refractivity (Wildman–Crippen MR) is 97.2 cm³/mol. The van der Waals surface area contributed by atoms with Crippen LogP contribution in [0.25, 0.3) is 0 Å². The Morgan fingerprint density at radius 1 is 1.25 bits per heavy atom. The standard InChI is InChI=1S/C17H30NO5P/c1-11(2)16-8-7-15(17(19)18-16)9-13(4)22-23-14(5)12(3)10-21-24(6)20/h7-8,11-15,20H,9-10H2,1-6H3/p+1. The molecule has 6 nitrogen and oxygen atoms in total. The average molecular weight is 360 g/mol. The van der Waals surface area contributed by atoms with Gasteiger partial charge in [0.2, 0.25) is 0 Å². The van der Waals surface area contributed by atoms with E-state index in [2.05, 4.69) is 4.99 Å². The molecule has 0 fully saturated rings. The molecule has 0 radical (unpaired) electrons. The minimum absolute atomic E-state index is 0.0960. The van der Waals surface area contributed by atoms with Crippen LogP contribution in [0.1, 0.15) is 41.0 Å². The first-order chi connectivity index (χ1) is 11.2. The number of dihydropyridines is 1. The summed E-state index contributed by atoms with van der Waals surface area (Å²) in [6.07, 6.45) is 3.96. The van der Waals surface area contributed by atoms with E-state index in [1.807, 2.05) is 46.8 Å². The van der Waals surface area contributed by atoms with Crippen LogP contribution in [0.3, 0.4) is 0 Å². The van der Waals surface area contributed by atoms with Crippen molar-refractivity contribution in [2.24, 2.45) is 22.7 Å². The lowest BCUT2D eigenvalue weighted by molar-refractivity contribution is -0.353. The van der Waals surface area contributed by atoms with E-state index in [-0.39, 0.29) is 35.9 Å². The molecule has 0 aromatic rings. The molecule has 5 atom stereocenters. The molecule has 138 valence electrons. The minimum atomic E-state index is -1.68. The lowest BCUT2D eigenvalue weighted by Gasteiger charge is -2.22. The fourth-order valence-electron chi connectivity index (χ4n) is 2.11. The van der Waals surface area contributed by atoms with Crippen LogP contribution in [0.5, 0.6) is 0 Å². The molecule has 0 aromatic carbocycles. The van der Waals surface area contributed by atoms with Gasteiger partial charge in [0.25, 0.3) is 14.3 Å². The Morgan fingerprint density at radius 2 is 1.92 bits per heavy atom. The van der Waals surface area contributed by atoms with Gasteiger partial charge in [-0.3, -0.25) is 4.79 Å². The van der Waals surface area contributed by atoms with Gasteiger partial charge in [0, 0.05) is 11.6 Å². The van der Waals surface area contributed by atoms with Crippen LogP contribution in [0, 0.1) is 17.8 Å². The van der Waals surface area contributed by atoms with Gasteiger partial charge in [0.15, 0.2) is 0 Å². The number of carbonyl (C=O) groups excluding carboxylic acids is 1. The molecule has 7 heteroatoms. The quantitative estimate of drug-likeness (QED) is 0.368. The molecule has 0 aromatic heterocycles. The molecule has 0 bridgehead atoms. The highest BCUT2D eigenvalue weighted by molar-refractivity contribution is 7.45. The number of nitrogens with zero attached hydrogens (tertiary/aromatic N) is 1. The van der Waals surface area contributed by atoms with Gasteiger partial charge in [0.05, 0.1) is 31.4 Å². The van der Waals surface area contributed by atoms with Crippen LogP contribution < -0.4 is 0 Å². The summed E-state index contributed by atoms with van der Waals surface area (Å²) >= 11 is 0. The maximum Gasteiger partial charge on any atom is 0.256 e. The van der Waals surface area contributed by atoms with Crippen molar-refractivity contribution in [1.82, 2.24) is 0 Å². The molecule has 5 unspecified atom stereocenters. The summed E-state index contributed by atoms with van der Waals surface area (Å²) in [7, 11) is -1.68. The highest BCUT2D eigenvalue weighted by Gasteiger charge is 2.24. The minimum Gasteiger partial charge on any atom is -0.272 e. The molecule has 1 aliphatic heterocycles. The third-order valence-electron chi connectivity index (χ3n) is 3.96. The van der Waals surface area contributed by atoms with Crippen molar-refractivity contribution in [3.8, 4) is 0 Å². The van der Waals surface area contributed by atoms with Crippen LogP contribution in [-0.4, -0.2) is 42.0 Å². The van der Waals surface area contributed by atoms with E-state index in [0.29, 0.717) is 13.0 Å². The molecule has 0 saturated heterocycles. The summed E-state index contributed by atoms with van der Waals surface area (Å²) in [6, 6.07) is 0. The highest BCUT2D eigenvalue weighted by atomic mass is 31.2. The number of amides is 1. The van der Waals surface area contributed by atoms with Gasteiger partial charge in [0.1, 0.15) is 0 Å². The van der Waals surface area contributed by atoms with Crippen LogP contribution in [0.15, 0.2) is 17.1 Å². The summed E-state index contributed by atoms with van der Waals surface area (Å²) in [5.41, 5.74) is 0.823. The number of hydrogen-bond donors (Lipinski definition) is 1. The molecule has 1 rings (SSSR count). The van der Waals surface area contributed by atoms with Gasteiger partial charge < -0.3 is 0 Å². The molecule has 1 aliphatic rings. The van der Waals surface area contributed by atoms with Crippen LogP contribution in [-0.2, 0) is 19.1 Å². The van der Waals surface area contributed by atoms with Crippen molar-refractivity contribution in [3.63, 3.8) is 0 Å². The van der Waals surface area contributed by atoms with Crippen LogP contribution >= 0.6 is 8.38 Å². The number of hydrogen-bond acceptors (Lipinski definition) is 5. The molecular formula is C17H31NO5P+. The lowest BCUT2D eigenvalue weighted by Crippen LogP contribution is -2.27. The first kappa shape index (κ1) is 21.4. The third kappa shape index (κ3) is 7.49. The largest absolute Gasteiger partial charge is 0.272 e. The van der Waals surface area contributed by atoms with Crippen molar-refractivity contribution in [2.45, 2.75) is 53.2 Å². The monoisotopic (exact) mass is 360 g/mol. The number of carbonyl (C=O) groups is 1. The Morgan fingerprint density at radius 3 is 2.46 bits per heavy atom. The zero-order valence-electron chi connectivity index (χ0n) is 15.5. The van der Waals surface area contributed by atoms with Crippen LogP contribution in [0.2, 0.25) is 0 Å². The number of rotatable bonds is 10. The van der Waals surface area contributed by atoms with Gasteiger partial charge in [-0.05, 0) is 32.3 Å². The maximum absolute atomic E-state index is 12.1.